The molecule has 0 spiro atoms. The molecule has 1 heterocycles. The highest BCUT2D eigenvalue weighted by Gasteiger charge is 2.24. The van der Waals surface area contributed by atoms with Gasteiger partial charge in [-0.15, -0.1) is 0 Å². The Balaban J connectivity index is 1.40. The van der Waals surface area contributed by atoms with E-state index in [0.717, 1.165) is 35.5 Å². The summed E-state index contributed by atoms with van der Waals surface area (Å²) in [4.78, 5) is 17.4. The summed E-state index contributed by atoms with van der Waals surface area (Å²) in [5, 5.41) is 21.2. The molecule has 4 rings (SSSR count). The van der Waals surface area contributed by atoms with Crippen molar-refractivity contribution in [1.29, 1.82) is 10.5 Å². The maximum atomic E-state index is 13.3. The minimum atomic E-state index is -0.228. The Morgan fingerprint density at radius 1 is 0.818 bits per heavy atom. The second-order valence-electron chi connectivity index (χ2n) is 7.53. The summed E-state index contributed by atoms with van der Waals surface area (Å²) in [5.74, 6) is 0.0531. The van der Waals surface area contributed by atoms with Crippen molar-refractivity contribution in [1.82, 2.24) is 4.90 Å². The molecule has 7 nitrogen and oxygen atoms in total. The van der Waals surface area contributed by atoms with E-state index in [2.05, 4.69) is 15.4 Å². The second kappa shape index (κ2) is 10.1. The van der Waals surface area contributed by atoms with Crippen molar-refractivity contribution in [3.63, 3.8) is 0 Å². The first-order valence-electron chi connectivity index (χ1n) is 10.6. The van der Waals surface area contributed by atoms with Crippen LogP contribution in [-0.4, -0.2) is 42.7 Å². The number of nitrogens with one attached hydrogen (secondary N) is 1. The first-order chi connectivity index (χ1) is 16.2. The van der Waals surface area contributed by atoms with Crippen LogP contribution in [0, 0.1) is 22.7 Å². The third kappa shape index (κ3) is 5.00. The lowest BCUT2D eigenvalue weighted by molar-refractivity contribution is 0.0747. The van der Waals surface area contributed by atoms with Gasteiger partial charge < -0.3 is 9.80 Å². The fraction of sp³-hybridized carbons (Fsp3) is 0.154. The van der Waals surface area contributed by atoms with Gasteiger partial charge in [0.2, 0.25) is 5.71 Å². The average Bonchev–Trinajstić information content (AvgIpc) is 2.90. The standard InChI is InChI=1S/C26H22N6O/c27-18-22(19-28)30-29-21-10-12-23(13-11-21)31-14-16-32(17-15-31)26(33)25-9-5-4-8-24(25)20-6-2-1-3-7-20/h1-13,29H,14-17H2. The smallest absolute Gasteiger partial charge is 0.254 e. The Kier molecular flexibility index (Phi) is 6.63. The van der Waals surface area contributed by atoms with Crippen LogP contribution in [0.1, 0.15) is 10.4 Å². The van der Waals surface area contributed by atoms with E-state index in [1.807, 2.05) is 83.8 Å². The van der Waals surface area contributed by atoms with Gasteiger partial charge >= 0.3 is 0 Å². The normalized spacial score (nSPS) is 12.9. The Bertz CT molecular complexity index is 1210. The lowest BCUT2D eigenvalue weighted by Crippen LogP contribution is -2.48. The molecule has 33 heavy (non-hydrogen) atoms. The van der Waals surface area contributed by atoms with E-state index >= 15 is 0 Å². The number of hydrogen-bond donors (Lipinski definition) is 1. The molecule has 0 saturated carbocycles. The fourth-order valence-corrected chi connectivity index (χ4v) is 3.82. The predicted molar refractivity (Wildman–Crippen MR) is 129 cm³/mol. The van der Waals surface area contributed by atoms with E-state index in [9.17, 15) is 4.79 Å². The van der Waals surface area contributed by atoms with E-state index in [4.69, 9.17) is 10.5 Å². The molecule has 7 heteroatoms. The molecule has 3 aromatic carbocycles. The molecule has 1 aliphatic heterocycles. The zero-order valence-corrected chi connectivity index (χ0v) is 18.0. The summed E-state index contributed by atoms with van der Waals surface area (Å²) in [6, 6.07) is 28.8. The SMILES string of the molecule is N#CC(C#N)=NNc1ccc(N2CCN(C(=O)c3ccccc3-c3ccccc3)CC2)cc1. The number of carbonyl (C=O) groups is 1. The number of anilines is 2. The van der Waals surface area contributed by atoms with Gasteiger partial charge in [-0.05, 0) is 41.5 Å². The Hall–Kier alpha value is -4.62. The highest BCUT2D eigenvalue weighted by Crippen LogP contribution is 2.26. The van der Waals surface area contributed by atoms with Crippen molar-refractivity contribution < 1.29 is 4.79 Å². The summed E-state index contributed by atoms with van der Waals surface area (Å²) in [5.41, 5.74) is 6.92. The van der Waals surface area contributed by atoms with Gasteiger partial charge in [0.1, 0.15) is 12.1 Å². The Morgan fingerprint density at radius 3 is 2.12 bits per heavy atom. The number of hydrazone groups is 1. The minimum Gasteiger partial charge on any atom is -0.368 e. The monoisotopic (exact) mass is 434 g/mol. The molecule has 0 bridgehead atoms. The molecular formula is C26H22N6O. The van der Waals surface area contributed by atoms with Gasteiger partial charge in [0, 0.05) is 37.4 Å². The van der Waals surface area contributed by atoms with Crippen LogP contribution < -0.4 is 10.3 Å². The molecule has 0 unspecified atom stereocenters. The van der Waals surface area contributed by atoms with Gasteiger partial charge in [0.15, 0.2) is 0 Å². The number of piperazine rings is 1. The topological polar surface area (TPSA) is 95.5 Å². The third-order valence-electron chi connectivity index (χ3n) is 5.55. The Labute approximate surface area is 192 Å². The first kappa shape index (κ1) is 21.6. The van der Waals surface area contributed by atoms with Gasteiger partial charge in [0.25, 0.3) is 5.91 Å². The largest absolute Gasteiger partial charge is 0.368 e. The van der Waals surface area contributed by atoms with E-state index < -0.39 is 0 Å². The molecule has 1 amide bonds. The molecule has 1 saturated heterocycles. The van der Waals surface area contributed by atoms with E-state index in [-0.39, 0.29) is 11.6 Å². The van der Waals surface area contributed by atoms with Gasteiger partial charge in [0.05, 0.1) is 5.69 Å². The Morgan fingerprint density at radius 2 is 1.45 bits per heavy atom. The van der Waals surface area contributed by atoms with Gasteiger partial charge in [-0.2, -0.15) is 15.6 Å². The van der Waals surface area contributed by atoms with Crippen LogP contribution >= 0.6 is 0 Å². The van der Waals surface area contributed by atoms with Crippen LogP contribution in [0.3, 0.4) is 0 Å². The summed E-state index contributed by atoms with van der Waals surface area (Å²) in [6.07, 6.45) is 0. The summed E-state index contributed by atoms with van der Waals surface area (Å²) in [6.45, 7) is 2.74. The highest BCUT2D eigenvalue weighted by atomic mass is 16.2. The van der Waals surface area contributed by atoms with Crippen molar-refractivity contribution in [2.45, 2.75) is 0 Å². The zero-order valence-electron chi connectivity index (χ0n) is 18.0. The first-order valence-corrected chi connectivity index (χ1v) is 10.6. The van der Waals surface area contributed by atoms with Crippen molar-refractivity contribution in [2.24, 2.45) is 5.10 Å². The summed E-state index contributed by atoms with van der Waals surface area (Å²) < 4.78 is 0. The van der Waals surface area contributed by atoms with E-state index in [0.29, 0.717) is 18.8 Å². The predicted octanol–water partition coefficient (Wildman–Crippen LogP) is 4.13. The van der Waals surface area contributed by atoms with Gasteiger partial charge in [-0.1, -0.05) is 48.5 Å². The van der Waals surface area contributed by atoms with Crippen molar-refractivity contribution in [2.75, 3.05) is 36.5 Å². The number of carbonyl (C=O) groups excluding carboxylic acids is 1. The molecule has 162 valence electrons. The van der Waals surface area contributed by atoms with Crippen LogP contribution in [0.25, 0.3) is 11.1 Å². The maximum Gasteiger partial charge on any atom is 0.254 e. The average molecular weight is 435 g/mol. The molecule has 1 fully saturated rings. The summed E-state index contributed by atoms with van der Waals surface area (Å²) >= 11 is 0. The third-order valence-corrected chi connectivity index (χ3v) is 5.55. The number of benzene rings is 3. The number of rotatable bonds is 5. The molecule has 1 N–H and O–H groups in total. The van der Waals surface area contributed by atoms with Crippen LogP contribution in [-0.2, 0) is 0 Å². The molecule has 3 aromatic rings. The van der Waals surface area contributed by atoms with Crippen LogP contribution in [0.2, 0.25) is 0 Å². The van der Waals surface area contributed by atoms with Crippen LogP contribution in [0.15, 0.2) is 84.0 Å². The number of nitrogens with zero attached hydrogens (tertiary/aromatic N) is 5. The second-order valence-corrected chi connectivity index (χ2v) is 7.53. The molecule has 0 aromatic heterocycles. The number of amides is 1. The zero-order chi connectivity index (χ0) is 23.0. The lowest BCUT2D eigenvalue weighted by Gasteiger charge is -2.36. The quantitative estimate of drug-likeness (QED) is 0.481. The molecule has 1 aliphatic rings. The maximum absolute atomic E-state index is 13.3. The minimum absolute atomic E-state index is 0.0531. The molecule has 0 aliphatic carbocycles. The fourth-order valence-electron chi connectivity index (χ4n) is 3.82. The molecule has 0 radical (unpaired) electrons. The number of nitriles is 2. The van der Waals surface area contributed by atoms with E-state index in [1.165, 1.54) is 0 Å². The van der Waals surface area contributed by atoms with Crippen molar-refractivity contribution in [3.05, 3.63) is 84.4 Å². The summed E-state index contributed by atoms with van der Waals surface area (Å²) in [7, 11) is 0. The lowest BCUT2D eigenvalue weighted by atomic mass is 9.98. The highest BCUT2D eigenvalue weighted by molar-refractivity contribution is 6.10. The van der Waals surface area contributed by atoms with Gasteiger partial charge in [-0.3, -0.25) is 10.2 Å². The van der Waals surface area contributed by atoms with Gasteiger partial charge in [-0.25, -0.2) is 0 Å². The number of hydrogen-bond acceptors (Lipinski definition) is 6. The molecule has 0 atom stereocenters. The van der Waals surface area contributed by atoms with Crippen molar-refractivity contribution in [3.8, 4) is 23.3 Å². The molecular weight excluding hydrogens is 412 g/mol. The van der Waals surface area contributed by atoms with Crippen LogP contribution in [0.5, 0.6) is 0 Å². The van der Waals surface area contributed by atoms with Crippen LogP contribution in [0.4, 0.5) is 11.4 Å². The van der Waals surface area contributed by atoms with E-state index in [1.54, 1.807) is 12.1 Å². The van der Waals surface area contributed by atoms with Crippen molar-refractivity contribution >= 4 is 23.0 Å².